The lowest BCUT2D eigenvalue weighted by molar-refractivity contribution is -0.156. The third kappa shape index (κ3) is 2.83. The molecule has 3 nitrogen and oxygen atoms in total. The summed E-state index contributed by atoms with van der Waals surface area (Å²) in [6.07, 6.45) is 1.65. The lowest BCUT2D eigenvalue weighted by Crippen LogP contribution is -2.36. The number of carbonyl (C=O) groups excluding carboxylic acids is 2. The number of esters is 1. The maximum absolute atomic E-state index is 11.5. The molecule has 13 heavy (non-hydrogen) atoms. The van der Waals surface area contributed by atoms with Crippen LogP contribution in [0.1, 0.15) is 40.0 Å². The maximum Gasteiger partial charge on any atom is 0.303 e. The van der Waals surface area contributed by atoms with E-state index in [-0.39, 0.29) is 17.2 Å². The SMILES string of the molecule is CC(=O)OC1CCC(C)(C)CC1=O. The molecule has 0 N–H and O–H groups in total. The van der Waals surface area contributed by atoms with E-state index >= 15 is 0 Å². The molecule has 0 aromatic heterocycles. The van der Waals surface area contributed by atoms with Crippen LogP contribution < -0.4 is 0 Å². The Morgan fingerprint density at radius 2 is 2.15 bits per heavy atom. The van der Waals surface area contributed by atoms with Crippen molar-refractivity contribution in [3.8, 4) is 0 Å². The van der Waals surface area contributed by atoms with Crippen LogP contribution >= 0.6 is 0 Å². The van der Waals surface area contributed by atoms with Crippen molar-refractivity contribution in [3.63, 3.8) is 0 Å². The van der Waals surface area contributed by atoms with E-state index in [9.17, 15) is 9.59 Å². The van der Waals surface area contributed by atoms with Crippen molar-refractivity contribution in [1.29, 1.82) is 0 Å². The molecule has 1 unspecified atom stereocenters. The monoisotopic (exact) mass is 184 g/mol. The Bertz CT molecular complexity index is 230. The molecule has 0 heterocycles. The molecule has 0 aliphatic heterocycles. The van der Waals surface area contributed by atoms with Gasteiger partial charge in [-0.25, -0.2) is 0 Å². The fraction of sp³-hybridized carbons (Fsp3) is 0.800. The van der Waals surface area contributed by atoms with Gasteiger partial charge in [-0.05, 0) is 18.3 Å². The van der Waals surface area contributed by atoms with Crippen LogP contribution in [0.15, 0.2) is 0 Å². The van der Waals surface area contributed by atoms with Crippen LogP contribution in [-0.4, -0.2) is 17.9 Å². The quantitative estimate of drug-likeness (QED) is 0.582. The third-order valence-electron chi connectivity index (χ3n) is 2.40. The Kier molecular flexibility index (Phi) is 2.74. The van der Waals surface area contributed by atoms with Gasteiger partial charge in [-0.15, -0.1) is 0 Å². The van der Waals surface area contributed by atoms with Crippen LogP contribution in [-0.2, 0) is 14.3 Å². The Labute approximate surface area is 78.5 Å². The second-order valence-corrected chi connectivity index (χ2v) is 4.44. The molecule has 1 aliphatic rings. The van der Waals surface area contributed by atoms with Crippen LogP contribution in [0, 0.1) is 5.41 Å². The fourth-order valence-electron chi connectivity index (χ4n) is 1.68. The summed E-state index contributed by atoms with van der Waals surface area (Å²) in [6, 6.07) is 0. The normalized spacial score (nSPS) is 27.0. The molecular formula is C10H16O3. The summed E-state index contributed by atoms with van der Waals surface area (Å²) in [7, 11) is 0. The van der Waals surface area contributed by atoms with Gasteiger partial charge in [0.05, 0.1) is 0 Å². The number of Topliss-reactive ketones (excluding diaryl/α,β-unsaturated/α-hetero) is 1. The van der Waals surface area contributed by atoms with Crippen molar-refractivity contribution in [2.45, 2.75) is 46.1 Å². The topological polar surface area (TPSA) is 43.4 Å². The Hall–Kier alpha value is -0.860. The van der Waals surface area contributed by atoms with Gasteiger partial charge in [-0.3, -0.25) is 9.59 Å². The number of carbonyl (C=O) groups is 2. The number of ether oxygens (including phenoxy) is 1. The molecule has 1 saturated carbocycles. The second kappa shape index (κ2) is 3.48. The minimum atomic E-state index is -0.481. The van der Waals surface area contributed by atoms with Crippen molar-refractivity contribution in [1.82, 2.24) is 0 Å². The molecule has 1 rings (SSSR count). The highest BCUT2D eigenvalue weighted by molar-refractivity contribution is 5.86. The van der Waals surface area contributed by atoms with Gasteiger partial charge in [0.2, 0.25) is 0 Å². The molecular weight excluding hydrogens is 168 g/mol. The predicted molar refractivity (Wildman–Crippen MR) is 48.2 cm³/mol. The van der Waals surface area contributed by atoms with Crippen LogP contribution in [0.25, 0.3) is 0 Å². The first-order valence-electron chi connectivity index (χ1n) is 4.61. The molecule has 0 aromatic carbocycles. The van der Waals surface area contributed by atoms with E-state index in [1.54, 1.807) is 0 Å². The average Bonchev–Trinajstić information content (AvgIpc) is 1.93. The van der Waals surface area contributed by atoms with Gasteiger partial charge < -0.3 is 4.74 Å². The highest BCUT2D eigenvalue weighted by atomic mass is 16.5. The summed E-state index contributed by atoms with van der Waals surface area (Å²) in [5.41, 5.74) is 0.0771. The third-order valence-corrected chi connectivity index (χ3v) is 2.40. The van der Waals surface area contributed by atoms with Crippen molar-refractivity contribution in [2.75, 3.05) is 0 Å². The number of rotatable bonds is 1. The zero-order valence-corrected chi connectivity index (χ0v) is 8.42. The lowest BCUT2D eigenvalue weighted by atomic mass is 9.76. The minimum Gasteiger partial charge on any atom is -0.455 e. The molecule has 3 heteroatoms. The number of hydrogen-bond acceptors (Lipinski definition) is 3. The van der Waals surface area contributed by atoms with Gasteiger partial charge >= 0.3 is 5.97 Å². The van der Waals surface area contributed by atoms with Crippen molar-refractivity contribution < 1.29 is 14.3 Å². The van der Waals surface area contributed by atoms with E-state index in [0.717, 1.165) is 6.42 Å². The zero-order valence-electron chi connectivity index (χ0n) is 8.42. The molecule has 0 radical (unpaired) electrons. The highest BCUT2D eigenvalue weighted by Gasteiger charge is 2.34. The molecule has 0 bridgehead atoms. The van der Waals surface area contributed by atoms with Gasteiger partial charge in [0.1, 0.15) is 0 Å². The molecule has 1 atom stereocenters. The van der Waals surface area contributed by atoms with Gasteiger partial charge in [0, 0.05) is 13.3 Å². The second-order valence-electron chi connectivity index (χ2n) is 4.44. The van der Waals surface area contributed by atoms with E-state index in [2.05, 4.69) is 13.8 Å². The molecule has 0 saturated heterocycles. The summed E-state index contributed by atoms with van der Waals surface area (Å²) < 4.78 is 4.91. The van der Waals surface area contributed by atoms with E-state index in [1.165, 1.54) is 6.92 Å². The van der Waals surface area contributed by atoms with E-state index in [0.29, 0.717) is 12.8 Å². The highest BCUT2D eigenvalue weighted by Crippen LogP contribution is 2.34. The summed E-state index contributed by atoms with van der Waals surface area (Å²) in [5, 5.41) is 0. The largest absolute Gasteiger partial charge is 0.455 e. The molecule has 1 aliphatic carbocycles. The average molecular weight is 184 g/mol. The summed E-state index contributed by atoms with van der Waals surface area (Å²) in [5.74, 6) is -0.301. The Morgan fingerprint density at radius 3 is 2.62 bits per heavy atom. The first-order valence-corrected chi connectivity index (χ1v) is 4.61. The summed E-state index contributed by atoms with van der Waals surface area (Å²) in [6.45, 7) is 5.47. The van der Waals surface area contributed by atoms with Crippen molar-refractivity contribution in [2.24, 2.45) is 5.41 Å². The van der Waals surface area contributed by atoms with Crippen LogP contribution in [0.2, 0.25) is 0 Å². The standard InChI is InChI=1S/C10H16O3/c1-7(11)13-9-4-5-10(2,3)6-8(9)12/h9H,4-6H2,1-3H3. The lowest BCUT2D eigenvalue weighted by Gasteiger charge is -2.32. The summed E-state index contributed by atoms with van der Waals surface area (Å²) >= 11 is 0. The number of ketones is 1. The molecule has 0 spiro atoms. The Balaban J connectivity index is 2.54. The van der Waals surface area contributed by atoms with Crippen LogP contribution in [0.4, 0.5) is 0 Å². The number of hydrogen-bond donors (Lipinski definition) is 0. The molecule has 0 aromatic rings. The first kappa shape index (κ1) is 10.2. The van der Waals surface area contributed by atoms with Crippen molar-refractivity contribution >= 4 is 11.8 Å². The predicted octanol–water partition coefficient (Wildman–Crippen LogP) is 1.70. The molecule has 1 fully saturated rings. The fourth-order valence-corrected chi connectivity index (χ4v) is 1.68. The van der Waals surface area contributed by atoms with E-state index in [4.69, 9.17) is 4.74 Å². The molecule has 74 valence electrons. The Morgan fingerprint density at radius 1 is 1.54 bits per heavy atom. The van der Waals surface area contributed by atoms with Crippen LogP contribution in [0.5, 0.6) is 0 Å². The maximum atomic E-state index is 11.5. The first-order chi connectivity index (χ1) is 5.91. The van der Waals surface area contributed by atoms with Gasteiger partial charge in [0.15, 0.2) is 11.9 Å². The smallest absolute Gasteiger partial charge is 0.303 e. The summed E-state index contributed by atoms with van der Waals surface area (Å²) in [4.78, 5) is 22.1. The van der Waals surface area contributed by atoms with Crippen molar-refractivity contribution in [3.05, 3.63) is 0 Å². The van der Waals surface area contributed by atoms with Gasteiger partial charge in [0.25, 0.3) is 0 Å². The van der Waals surface area contributed by atoms with Gasteiger partial charge in [-0.2, -0.15) is 0 Å². The van der Waals surface area contributed by atoms with E-state index < -0.39 is 6.10 Å². The van der Waals surface area contributed by atoms with Crippen LogP contribution in [0.3, 0.4) is 0 Å². The van der Waals surface area contributed by atoms with E-state index in [1.807, 2.05) is 0 Å². The molecule has 0 amide bonds. The minimum absolute atomic E-state index is 0.0615. The van der Waals surface area contributed by atoms with Gasteiger partial charge in [-0.1, -0.05) is 13.8 Å². The zero-order chi connectivity index (χ0) is 10.1.